The van der Waals surface area contributed by atoms with Gasteiger partial charge < -0.3 is 20.4 Å². The molecule has 0 aliphatic rings. The summed E-state index contributed by atoms with van der Waals surface area (Å²) in [5.74, 6) is 0.512. The van der Waals surface area contributed by atoms with Gasteiger partial charge in [0.15, 0.2) is 0 Å². The molecule has 0 unspecified atom stereocenters. The van der Waals surface area contributed by atoms with Gasteiger partial charge in [0.05, 0.1) is 13.1 Å². The van der Waals surface area contributed by atoms with Gasteiger partial charge in [-0.2, -0.15) is 0 Å². The molecular weight excluding hydrogens is 352 g/mol. The Morgan fingerprint density at radius 1 is 0.893 bits per heavy atom. The fourth-order valence-corrected chi connectivity index (χ4v) is 2.58. The number of hydrogen-bond donors (Lipinski definition) is 3. The second-order valence-corrected chi connectivity index (χ2v) is 6.74. The largest absolute Gasteiger partial charge is 0.507 e. The third-order valence-electron chi connectivity index (χ3n) is 4.28. The highest BCUT2D eigenvalue weighted by Crippen LogP contribution is 2.15. The molecule has 0 aliphatic carbocycles. The molecule has 6 heteroatoms. The molecule has 0 aromatic heterocycles. The third-order valence-corrected chi connectivity index (χ3v) is 4.28. The zero-order chi connectivity index (χ0) is 20.2. The second kappa shape index (κ2) is 11.9. The summed E-state index contributed by atoms with van der Waals surface area (Å²) >= 11 is 0. The number of aromatic hydroxyl groups is 2. The van der Waals surface area contributed by atoms with Crippen LogP contribution >= 0.6 is 0 Å². The first-order chi connectivity index (χ1) is 13.6. The number of benzene rings is 2. The van der Waals surface area contributed by atoms with Crippen molar-refractivity contribution in [3.05, 3.63) is 59.2 Å². The van der Waals surface area contributed by atoms with Crippen LogP contribution < -0.4 is 5.32 Å². The lowest BCUT2D eigenvalue weighted by molar-refractivity contribution is 0.341. The highest BCUT2D eigenvalue weighted by molar-refractivity contribution is 5.83. The molecule has 6 nitrogen and oxygen atoms in total. The molecular formula is C22H30N4O2. The maximum Gasteiger partial charge on any atom is 0.124 e. The van der Waals surface area contributed by atoms with E-state index in [-0.39, 0.29) is 11.5 Å². The standard InChI is InChI=1S/C22H30N4O2/c1-18-7-8-22(28)20(15-18)17-25-12-14-26(2)13-11-23-9-10-24-16-19-5-3-4-6-21(19)27/h3-8,15-17,23,27-28H,9-14H2,1-2H3. The number of nitrogens with zero attached hydrogens (tertiary/aromatic N) is 3. The van der Waals surface area contributed by atoms with Crippen LogP contribution in [-0.4, -0.2) is 73.9 Å². The van der Waals surface area contributed by atoms with E-state index >= 15 is 0 Å². The topological polar surface area (TPSA) is 80.5 Å². The smallest absolute Gasteiger partial charge is 0.124 e. The number of para-hydroxylation sites is 1. The zero-order valence-electron chi connectivity index (χ0n) is 16.7. The van der Waals surface area contributed by atoms with Crippen LogP contribution in [0.25, 0.3) is 0 Å². The van der Waals surface area contributed by atoms with Crippen molar-refractivity contribution in [3.63, 3.8) is 0 Å². The van der Waals surface area contributed by atoms with Crippen molar-refractivity contribution in [3.8, 4) is 11.5 Å². The summed E-state index contributed by atoms with van der Waals surface area (Å²) in [6, 6.07) is 12.7. The van der Waals surface area contributed by atoms with Gasteiger partial charge in [0.25, 0.3) is 0 Å². The van der Waals surface area contributed by atoms with Gasteiger partial charge in [-0.3, -0.25) is 9.98 Å². The molecule has 0 radical (unpaired) electrons. The molecule has 0 spiro atoms. The van der Waals surface area contributed by atoms with E-state index in [2.05, 4.69) is 27.2 Å². The number of aryl methyl sites for hydroxylation is 1. The number of nitrogens with one attached hydrogen (secondary N) is 1. The fraction of sp³-hybridized carbons (Fsp3) is 0.364. The average Bonchev–Trinajstić information content (AvgIpc) is 2.68. The summed E-state index contributed by atoms with van der Waals surface area (Å²) in [5, 5.41) is 22.8. The molecule has 0 aliphatic heterocycles. The van der Waals surface area contributed by atoms with E-state index in [1.165, 1.54) is 0 Å². The van der Waals surface area contributed by atoms with E-state index in [1.807, 2.05) is 31.2 Å². The minimum atomic E-state index is 0.251. The number of likely N-dealkylation sites (N-methyl/N-ethyl adjacent to an activating group) is 1. The molecule has 0 fully saturated rings. The number of hydrogen-bond acceptors (Lipinski definition) is 6. The van der Waals surface area contributed by atoms with E-state index in [0.717, 1.165) is 42.9 Å². The molecule has 0 amide bonds. The second-order valence-electron chi connectivity index (χ2n) is 6.74. The Balaban J connectivity index is 1.55. The molecule has 2 aromatic carbocycles. The van der Waals surface area contributed by atoms with Crippen LogP contribution in [-0.2, 0) is 0 Å². The molecule has 0 heterocycles. The molecule has 0 atom stereocenters. The molecule has 0 bridgehead atoms. The maximum absolute atomic E-state index is 9.79. The predicted octanol–water partition coefficient (Wildman–Crippen LogP) is 2.47. The summed E-state index contributed by atoms with van der Waals surface area (Å²) in [5.41, 5.74) is 2.60. The minimum absolute atomic E-state index is 0.251. The summed E-state index contributed by atoms with van der Waals surface area (Å²) < 4.78 is 0. The van der Waals surface area contributed by atoms with Crippen molar-refractivity contribution < 1.29 is 10.2 Å². The number of phenolic OH excluding ortho intramolecular Hbond substituents is 2. The molecule has 2 aromatic rings. The number of aliphatic imine (C=N–C) groups is 2. The van der Waals surface area contributed by atoms with Crippen LogP contribution in [0.1, 0.15) is 16.7 Å². The van der Waals surface area contributed by atoms with Gasteiger partial charge in [-0.05, 0) is 38.2 Å². The highest BCUT2D eigenvalue weighted by Gasteiger charge is 1.99. The van der Waals surface area contributed by atoms with Crippen LogP contribution in [0.5, 0.6) is 11.5 Å². The lowest BCUT2D eigenvalue weighted by Gasteiger charge is -2.15. The third kappa shape index (κ3) is 7.90. The van der Waals surface area contributed by atoms with Crippen LogP contribution in [0, 0.1) is 6.92 Å². The first-order valence-corrected chi connectivity index (χ1v) is 9.53. The molecule has 0 saturated carbocycles. The zero-order valence-corrected chi connectivity index (χ0v) is 16.7. The first kappa shape index (κ1) is 21.6. The molecule has 2 rings (SSSR count). The van der Waals surface area contributed by atoms with E-state index in [1.54, 1.807) is 30.6 Å². The predicted molar refractivity (Wildman–Crippen MR) is 116 cm³/mol. The summed E-state index contributed by atoms with van der Waals surface area (Å²) in [6.45, 7) is 6.81. The van der Waals surface area contributed by atoms with Crippen molar-refractivity contribution >= 4 is 12.4 Å². The van der Waals surface area contributed by atoms with E-state index in [4.69, 9.17) is 0 Å². The Kier molecular flexibility index (Phi) is 9.18. The Labute approximate surface area is 167 Å². The lowest BCUT2D eigenvalue weighted by atomic mass is 10.1. The Morgan fingerprint density at radius 2 is 1.61 bits per heavy atom. The van der Waals surface area contributed by atoms with Crippen LogP contribution in [0.2, 0.25) is 0 Å². The highest BCUT2D eigenvalue weighted by atomic mass is 16.3. The van der Waals surface area contributed by atoms with E-state index in [0.29, 0.717) is 13.1 Å². The van der Waals surface area contributed by atoms with Gasteiger partial charge in [0.2, 0.25) is 0 Å². The molecule has 3 N–H and O–H groups in total. The molecule has 0 saturated heterocycles. The van der Waals surface area contributed by atoms with Gasteiger partial charge in [0.1, 0.15) is 11.5 Å². The maximum atomic E-state index is 9.79. The van der Waals surface area contributed by atoms with Crippen molar-refractivity contribution in [1.82, 2.24) is 10.2 Å². The van der Waals surface area contributed by atoms with Crippen LogP contribution in [0.15, 0.2) is 52.4 Å². The van der Waals surface area contributed by atoms with Crippen LogP contribution in [0.3, 0.4) is 0 Å². The Bertz CT molecular complexity index is 790. The van der Waals surface area contributed by atoms with Crippen molar-refractivity contribution in [2.75, 3.05) is 46.3 Å². The quantitative estimate of drug-likeness (QED) is 0.412. The van der Waals surface area contributed by atoms with Gasteiger partial charge in [0, 0.05) is 49.7 Å². The number of phenols is 2. The summed E-state index contributed by atoms with van der Waals surface area (Å²) in [7, 11) is 2.07. The van der Waals surface area contributed by atoms with Crippen molar-refractivity contribution in [2.45, 2.75) is 6.92 Å². The van der Waals surface area contributed by atoms with Gasteiger partial charge in [-0.15, -0.1) is 0 Å². The first-order valence-electron chi connectivity index (χ1n) is 9.53. The Hall–Kier alpha value is -2.70. The van der Waals surface area contributed by atoms with Gasteiger partial charge in [-0.1, -0.05) is 23.8 Å². The minimum Gasteiger partial charge on any atom is -0.507 e. The van der Waals surface area contributed by atoms with E-state index in [9.17, 15) is 10.2 Å². The SMILES string of the molecule is Cc1ccc(O)c(C=NCCN(C)CCNCCN=Cc2ccccc2O)c1. The van der Waals surface area contributed by atoms with Crippen LogP contribution in [0.4, 0.5) is 0 Å². The normalized spacial score (nSPS) is 11.8. The molecule has 28 heavy (non-hydrogen) atoms. The van der Waals surface area contributed by atoms with Crippen molar-refractivity contribution in [2.24, 2.45) is 9.98 Å². The summed E-state index contributed by atoms with van der Waals surface area (Å²) in [6.07, 6.45) is 3.43. The molecule has 150 valence electrons. The van der Waals surface area contributed by atoms with Crippen molar-refractivity contribution in [1.29, 1.82) is 0 Å². The lowest BCUT2D eigenvalue weighted by Crippen LogP contribution is -2.32. The van der Waals surface area contributed by atoms with E-state index < -0.39 is 0 Å². The van der Waals surface area contributed by atoms with Gasteiger partial charge in [-0.25, -0.2) is 0 Å². The van der Waals surface area contributed by atoms with Gasteiger partial charge >= 0.3 is 0 Å². The average molecular weight is 383 g/mol. The fourth-order valence-electron chi connectivity index (χ4n) is 2.58. The number of rotatable bonds is 11. The summed E-state index contributed by atoms with van der Waals surface area (Å²) in [4.78, 5) is 10.9. The Morgan fingerprint density at radius 3 is 2.43 bits per heavy atom. The monoisotopic (exact) mass is 382 g/mol.